The van der Waals surface area contributed by atoms with Gasteiger partial charge in [0.05, 0.1) is 5.92 Å². The molecule has 170 valence electrons. The molecule has 3 rings (SSSR count). The summed E-state index contributed by atoms with van der Waals surface area (Å²) in [5, 5.41) is 12.9. The van der Waals surface area contributed by atoms with E-state index in [-0.39, 0.29) is 17.6 Å². The Bertz CT molecular complexity index is 754. The Morgan fingerprint density at radius 1 is 1.13 bits per heavy atom. The van der Waals surface area contributed by atoms with Crippen molar-refractivity contribution in [3.8, 4) is 0 Å². The maximum absolute atomic E-state index is 13.1. The molecular formula is C24H35N3O4. The third-order valence-corrected chi connectivity index (χ3v) is 6.65. The van der Waals surface area contributed by atoms with Gasteiger partial charge in [-0.1, -0.05) is 36.8 Å². The van der Waals surface area contributed by atoms with Crippen molar-refractivity contribution < 1.29 is 19.5 Å². The number of carboxylic acids is 1. The van der Waals surface area contributed by atoms with Gasteiger partial charge in [-0.05, 0) is 50.3 Å². The van der Waals surface area contributed by atoms with Crippen LogP contribution < -0.4 is 11.1 Å². The Balaban J connectivity index is 1.53. The Morgan fingerprint density at radius 2 is 1.90 bits per heavy atom. The summed E-state index contributed by atoms with van der Waals surface area (Å²) < 4.78 is 0. The predicted molar refractivity (Wildman–Crippen MR) is 119 cm³/mol. The first-order valence-corrected chi connectivity index (χ1v) is 11.5. The lowest BCUT2D eigenvalue weighted by Gasteiger charge is -2.36. The fourth-order valence-electron chi connectivity index (χ4n) is 4.89. The molecule has 2 heterocycles. The van der Waals surface area contributed by atoms with Crippen LogP contribution in [-0.2, 0) is 14.4 Å². The van der Waals surface area contributed by atoms with E-state index in [1.165, 1.54) is 5.56 Å². The second-order valence-corrected chi connectivity index (χ2v) is 8.96. The number of aliphatic carboxylic acids is 1. The summed E-state index contributed by atoms with van der Waals surface area (Å²) in [6, 6.07) is 9.42. The normalized spacial score (nSPS) is 26.0. The zero-order chi connectivity index (χ0) is 22.2. The number of likely N-dealkylation sites (tertiary alicyclic amines) is 1. The second-order valence-electron chi connectivity index (χ2n) is 8.96. The van der Waals surface area contributed by atoms with Crippen LogP contribution in [0.15, 0.2) is 30.3 Å². The SMILES string of the molecule is NCCCCCC(=O)CC1CN[C@@H](C(=O)N2CCC(c3ccccc3)C2)[C@@H](C(=O)O)C1. The molecule has 2 unspecified atom stereocenters. The van der Waals surface area contributed by atoms with E-state index in [1.54, 1.807) is 4.90 Å². The zero-order valence-electron chi connectivity index (χ0n) is 18.2. The van der Waals surface area contributed by atoms with Crippen molar-refractivity contribution >= 4 is 17.7 Å². The van der Waals surface area contributed by atoms with Gasteiger partial charge in [0.15, 0.2) is 0 Å². The first-order valence-electron chi connectivity index (χ1n) is 11.5. The maximum atomic E-state index is 13.1. The lowest BCUT2D eigenvalue weighted by atomic mass is 9.81. The number of carbonyl (C=O) groups excluding carboxylic acids is 2. The number of unbranched alkanes of at least 4 members (excludes halogenated alkanes) is 2. The minimum Gasteiger partial charge on any atom is -0.481 e. The summed E-state index contributed by atoms with van der Waals surface area (Å²) in [4.78, 5) is 39.1. The highest BCUT2D eigenvalue weighted by atomic mass is 16.4. The Labute approximate surface area is 184 Å². The van der Waals surface area contributed by atoms with Crippen LogP contribution in [0.5, 0.6) is 0 Å². The van der Waals surface area contributed by atoms with Gasteiger partial charge < -0.3 is 21.1 Å². The first-order chi connectivity index (χ1) is 15.0. The number of nitrogens with zero attached hydrogens (tertiary/aromatic N) is 1. The molecule has 4 atom stereocenters. The summed E-state index contributed by atoms with van der Waals surface area (Å²) >= 11 is 0. The van der Waals surface area contributed by atoms with Crippen molar-refractivity contribution in [1.29, 1.82) is 0 Å². The smallest absolute Gasteiger partial charge is 0.308 e. The van der Waals surface area contributed by atoms with Gasteiger partial charge in [0, 0.05) is 31.8 Å². The minimum absolute atomic E-state index is 0.0391. The molecule has 1 amide bonds. The van der Waals surface area contributed by atoms with Gasteiger partial charge in [-0.2, -0.15) is 0 Å². The fraction of sp³-hybridized carbons (Fsp3) is 0.625. The zero-order valence-corrected chi connectivity index (χ0v) is 18.2. The molecule has 2 aliphatic rings. The van der Waals surface area contributed by atoms with Crippen LogP contribution in [0.2, 0.25) is 0 Å². The molecule has 7 nitrogen and oxygen atoms in total. The number of nitrogens with two attached hydrogens (primary N) is 1. The third-order valence-electron chi connectivity index (χ3n) is 6.65. The molecule has 31 heavy (non-hydrogen) atoms. The summed E-state index contributed by atoms with van der Waals surface area (Å²) in [6.45, 7) is 2.41. The number of piperidine rings is 1. The van der Waals surface area contributed by atoms with Crippen LogP contribution in [0.25, 0.3) is 0 Å². The van der Waals surface area contributed by atoms with Crippen LogP contribution >= 0.6 is 0 Å². The molecule has 1 aromatic carbocycles. The number of carboxylic acid groups (broad SMARTS) is 1. The molecule has 0 aliphatic carbocycles. The molecule has 0 aromatic heterocycles. The van der Waals surface area contributed by atoms with Crippen LogP contribution in [0.4, 0.5) is 0 Å². The largest absolute Gasteiger partial charge is 0.481 e. The van der Waals surface area contributed by atoms with Crippen molar-refractivity contribution in [2.24, 2.45) is 17.6 Å². The van der Waals surface area contributed by atoms with E-state index < -0.39 is 17.9 Å². The third kappa shape index (κ3) is 6.37. The van der Waals surface area contributed by atoms with E-state index >= 15 is 0 Å². The molecule has 0 spiro atoms. The first kappa shape index (κ1) is 23.4. The van der Waals surface area contributed by atoms with Crippen molar-refractivity contribution in [1.82, 2.24) is 10.2 Å². The van der Waals surface area contributed by atoms with Crippen molar-refractivity contribution in [3.05, 3.63) is 35.9 Å². The van der Waals surface area contributed by atoms with Crippen molar-refractivity contribution in [2.75, 3.05) is 26.2 Å². The van der Waals surface area contributed by atoms with Crippen LogP contribution in [0.1, 0.15) is 56.4 Å². The fourth-order valence-corrected chi connectivity index (χ4v) is 4.89. The average Bonchev–Trinajstić information content (AvgIpc) is 3.27. The second kappa shape index (κ2) is 11.4. The summed E-state index contributed by atoms with van der Waals surface area (Å²) in [5.41, 5.74) is 6.70. The van der Waals surface area contributed by atoms with Crippen LogP contribution in [0.3, 0.4) is 0 Å². The van der Waals surface area contributed by atoms with E-state index in [0.29, 0.717) is 51.4 Å². The molecule has 1 aromatic rings. The highest BCUT2D eigenvalue weighted by Crippen LogP contribution is 2.30. The van der Waals surface area contributed by atoms with Gasteiger partial charge in [0.2, 0.25) is 5.91 Å². The molecule has 2 saturated heterocycles. The van der Waals surface area contributed by atoms with E-state index in [9.17, 15) is 19.5 Å². The van der Waals surface area contributed by atoms with Crippen LogP contribution in [0, 0.1) is 11.8 Å². The number of Topliss-reactive ketones (excluding diaryl/α,β-unsaturated/α-hetero) is 1. The lowest BCUT2D eigenvalue weighted by Crippen LogP contribution is -2.56. The Hall–Kier alpha value is -2.25. The van der Waals surface area contributed by atoms with Gasteiger partial charge in [0.1, 0.15) is 11.8 Å². The molecule has 2 aliphatic heterocycles. The highest BCUT2D eigenvalue weighted by molar-refractivity contribution is 5.88. The number of hydrogen-bond acceptors (Lipinski definition) is 5. The molecule has 7 heteroatoms. The topological polar surface area (TPSA) is 113 Å². The number of nitrogens with one attached hydrogen (secondary N) is 1. The number of amides is 1. The molecule has 0 saturated carbocycles. The highest BCUT2D eigenvalue weighted by Gasteiger charge is 2.42. The Morgan fingerprint density at radius 3 is 2.61 bits per heavy atom. The molecule has 2 fully saturated rings. The van der Waals surface area contributed by atoms with E-state index in [4.69, 9.17) is 5.73 Å². The Kier molecular flexibility index (Phi) is 8.60. The average molecular weight is 430 g/mol. The van der Waals surface area contributed by atoms with Crippen molar-refractivity contribution in [3.63, 3.8) is 0 Å². The van der Waals surface area contributed by atoms with Gasteiger partial charge in [-0.3, -0.25) is 14.4 Å². The number of carbonyl (C=O) groups is 3. The number of hydrogen-bond donors (Lipinski definition) is 3. The quantitative estimate of drug-likeness (QED) is 0.491. The van der Waals surface area contributed by atoms with Gasteiger partial charge in [-0.25, -0.2) is 0 Å². The standard InChI is InChI=1S/C24H35N3O4/c25-11-6-2-5-9-20(28)13-17-14-21(24(30)31)22(26-15-17)23(29)27-12-10-19(16-27)18-7-3-1-4-8-18/h1,3-4,7-8,17,19,21-22,26H,2,5-6,9-16,25H2,(H,30,31)/t17?,19?,21-,22+/m0/s1. The monoisotopic (exact) mass is 429 g/mol. The lowest BCUT2D eigenvalue weighted by molar-refractivity contribution is -0.150. The number of rotatable bonds is 10. The van der Waals surface area contributed by atoms with Gasteiger partial charge >= 0.3 is 5.97 Å². The van der Waals surface area contributed by atoms with E-state index in [1.807, 2.05) is 18.2 Å². The summed E-state index contributed by atoms with van der Waals surface area (Å²) in [5.74, 6) is -1.47. The molecule has 0 radical (unpaired) electrons. The maximum Gasteiger partial charge on any atom is 0.308 e. The van der Waals surface area contributed by atoms with Crippen molar-refractivity contribution in [2.45, 2.75) is 56.9 Å². The van der Waals surface area contributed by atoms with Crippen LogP contribution in [-0.4, -0.2) is 59.9 Å². The van der Waals surface area contributed by atoms with Gasteiger partial charge in [0.25, 0.3) is 0 Å². The van der Waals surface area contributed by atoms with E-state index in [0.717, 1.165) is 25.7 Å². The summed E-state index contributed by atoms with van der Waals surface area (Å²) in [7, 11) is 0. The molecular weight excluding hydrogens is 394 g/mol. The minimum atomic E-state index is -0.968. The molecule has 4 N–H and O–H groups in total. The van der Waals surface area contributed by atoms with E-state index in [2.05, 4.69) is 17.4 Å². The summed E-state index contributed by atoms with van der Waals surface area (Å²) in [6.07, 6.45) is 4.84. The molecule has 0 bridgehead atoms. The predicted octanol–water partition coefficient (Wildman–Crippen LogP) is 2.16. The number of benzene rings is 1. The van der Waals surface area contributed by atoms with Gasteiger partial charge in [-0.15, -0.1) is 0 Å². The number of ketones is 1.